The summed E-state index contributed by atoms with van der Waals surface area (Å²) in [5.41, 5.74) is 0.696. The second-order valence-electron chi connectivity index (χ2n) is 3.71. The molecule has 20 heavy (non-hydrogen) atoms. The number of halogens is 5. The molecule has 0 heterocycles. The van der Waals surface area contributed by atoms with E-state index >= 15 is 0 Å². The van der Waals surface area contributed by atoms with Crippen LogP contribution in [0.4, 0.5) is 0 Å². The minimum Gasteiger partial charge on any atom is -0.0840 e. The highest BCUT2D eigenvalue weighted by molar-refractivity contribution is 8.76. The van der Waals surface area contributed by atoms with E-state index in [2.05, 4.69) is 0 Å². The molecule has 2 aromatic carbocycles. The Morgan fingerprint density at radius 1 is 0.700 bits per heavy atom. The van der Waals surface area contributed by atoms with Crippen LogP contribution in [0.25, 0.3) is 0 Å². The third-order valence-corrected chi connectivity index (χ3v) is 7.03. The second-order valence-corrected chi connectivity index (χ2v) is 7.97. The van der Waals surface area contributed by atoms with E-state index in [1.807, 2.05) is 30.3 Å². The summed E-state index contributed by atoms with van der Waals surface area (Å²) in [6.45, 7) is 0. The van der Waals surface area contributed by atoms with Crippen LogP contribution in [0.1, 0.15) is 5.56 Å². The lowest BCUT2D eigenvalue weighted by Crippen LogP contribution is -1.88. The van der Waals surface area contributed by atoms with Crippen LogP contribution < -0.4 is 0 Å². The van der Waals surface area contributed by atoms with Crippen LogP contribution in [0, 0.1) is 0 Å². The fraction of sp³-hybridized carbons (Fsp3) is 0.0769. The van der Waals surface area contributed by atoms with Crippen molar-refractivity contribution in [3.63, 3.8) is 0 Å². The molecule has 0 unspecified atom stereocenters. The molecule has 0 aliphatic heterocycles. The third kappa shape index (κ3) is 3.86. The van der Waals surface area contributed by atoms with E-state index in [0.29, 0.717) is 21.4 Å². The van der Waals surface area contributed by atoms with Crippen LogP contribution in [0.2, 0.25) is 25.1 Å². The molecule has 0 spiro atoms. The second kappa shape index (κ2) is 7.73. The molecule has 106 valence electrons. The van der Waals surface area contributed by atoms with Crippen LogP contribution in [-0.2, 0) is 5.75 Å². The van der Waals surface area contributed by atoms with Gasteiger partial charge in [0.05, 0.1) is 25.1 Å². The highest BCUT2D eigenvalue weighted by atomic mass is 35.5. The van der Waals surface area contributed by atoms with E-state index in [-0.39, 0.29) is 15.1 Å². The molecule has 0 amide bonds. The maximum atomic E-state index is 6.18. The molecule has 0 bridgehead atoms. The fourth-order valence-corrected chi connectivity index (χ4v) is 5.02. The molecule has 0 radical (unpaired) electrons. The van der Waals surface area contributed by atoms with Crippen LogP contribution >= 0.6 is 79.6 Å². The summed E-state index contributed by atoms with van der Waals surface area (Å²) < 4.78 is 0. The molecule has 0 N–H and O–H groups in total. The topological polar surface area (TPSA) is 0 Å². The molecule has 2 aromatic rings. The molecule has 0 saturated carbocycles. The standard InChI is InChI=1S/C13H7Cl5S2/c14-9-8(10(15)12(17)13(18)11(9)16)6-19-20-7-4-2-1-3-5-7/h1-5H,6H2. The number of hydrogen-bond donors (Lipinski definition) is 0. The Bertz CT molecular complexity index is 587. The minimum atomic E-state index is 0.188. The minimum absolute atomic E-state index is 0.188. The first-order chi connectivity index (χ1) is 9.52. The molecule has 0 atom stereocenters. The average molecular weight is 405 g/mol. The van der Waals surface area contributed by atoms with Gasteiger partial charge in [0, 0.05) is 16.2 Å². The summed E-state index contributed by atoms with van der Waals surface area (Å²) >= 11 is 30.4. The molecule has 2 rings (SSSR count). The Hall–Kier alpha value is 0.590. The van der Waals surface area contributed by atoms with Gasteiger partial charge >= 0.3 is 0 Å². The van der Waals surface area contributed by atoms with Crippen LogP contribution in [0.15, 0.2) is 35.2 Å². The number of rotatable bonds is 4. The molecule has 7 heteroatoms. The summed E-state index contributed by atoms with van der Waals surface area (Å²) in [6, 6.07) is 10.0. The highest BCUT2D eigenvalue weighted by Crippen LogP contribution is 2.46. The predicted octanol–water partition coefficient (Wildman–Crippen LogP) is 7.89. The Labute approximate surface area is 150 Å². The number of benzene rings is 2. The first-order valence-electron chi connectivity index (χ1n) is 5.37. The summed E-state index contributed by atoms with van der Waals surface area (Å²) in [5.74, 6) is 0.577. The third-order valence-electron chi connectivity index (χ3n) is 2.40. The van der Waals surface area contributed by atoms with Gasteiger partial charge in [0.2, 0.25) is 0 Å². The van der Waals surface area contributed by atoms with E-state index in [1.165, 1.54) is 0 Å². The molecular weight excluding hydrogens is 398 g/mol. The van der Waals surface area contributed by atoms with Crippen molar-refractivity contribution >= 4 is 79.6 Å². The molecule has 0 aromatic heterocycles. The first kappa shape index (κ1) is 17.0. The summed E-state index contributed by atoms with van der Waals surface area (Å²) in [5, 5.41) is 1.37. The average Bonchev–Trinajstić information content (AvgIpc) is 2.48. The Kier molecular flexibility index (Phi) is 6.55. The Morgan fingerprint density at radius 2 is 1.20 bits per heavy atom. The first-order valence-corrected chi connectivity index (χ1v) is 9.58. The van der Waals surface area contributed by atoms with Gasteiger partial charge in [-0.25, -0.2) is 0 Å². The van der Waals surface area contributed by atoms with E-state index in [0.717, 1.165) is 4.90 Å². The quantitative estimate of drug-likeness (QED) is 0.289. The zero-order valence-electron chi connectivity index (χ0n) is 9.80. The zero-order chi connectivity index (χ0) is 14.7. The van der Waals surface area contributed by atoms with Crippen LogP contribution in [0.5, 0.6) is 0 Å². The van der Waals surface area contributed by atoms with E-state index < -0.39 is 0 Å². The van der Waals surface area contributed by atoms with Crippen molar-refractivity contribution < 1.29 is 0 Å². The summed E-state index contributed by atoms with van der Waals surface area (Å²) in [7, 11) is 3.23. The molecule has 0 nitrogen and oxygen atoms in total. The van der Waals surface area contributed by atoms with E-state index in [1.54, 1.807) is 21.6 Å². The molecule has 0 aliphatic rings. The van der Waals surface area contributed by atoms with Gasteiger partial charge in [-0.3, -0.25) is 0 Å². The van der Waals surface area contributed by atoms with Gasteiger partial charge in [-0.05, 0) is 12.1 Å². The lowest BCUT2D eigenvalue weighted by molar-refractivity contribution is 1.42. The highest BCUT2D eigenvalue weighted by Gasteiger charge is 2.19. The monoisotopic (exact) mass is 402 g/mol. The van der Waals surface area contributed by atoms with Crippen molar-refractivity contribution in [3.05, 3.63) is 61.0 Å². The van der Waals surface area contributed by atoms with E-state index in [9.17, 15) is 0 Å². The lowest BCUT2D eigenvalue weighted by Gasteiger charge is -2.11. The predicted molar refractivity (Wildman–Crippen MR) is 95.1 cm³/mol. The molecule has 0 fully saturated rings. The van der Waals surface area contributed by atoms with Gasteiger partial charge in [0.1, 0.15) is 0 Å². The molecule has 0 aliphatic carbocycles. The molecule has 0 saturated heterocycles. The Morgan fingerprint density at radius 3 is 1.75 bits per heavy atom. The van der Waals surface area contributed by atoms with Gasteiger partial charge in [0.25, 0.3) is 0 Å². The maximum Gasteiger partial charge on any atom is 0.0809 e. The van der Waals surface area contributed by atoms with Gasteiger partial charge < -0.3 is 0 Å². The fourth-order valence-electron chi connectivity index (χ4n) is 1.41. The van der Waals surface area contributed by atoms with Crippen LogP contribution in [0.3, 0.4) is 0 Å². The van der Waals surface area contributed by atoms with Crippen molar-refractivity contribution in [1.82, 2.24) is 0 Å². The van der Waals surface area contributed by atoms with Gasteiger partial charge in [-0.2, -0.15) is 0 Å². The van der Waals surface area contributed by atoms with E-state index in [4.69, 9.17) is 58.0 Å². The van der Waals surface area contributed by atoms with Crippen molar-refractivity contribution in [1.29, 1.82) is 0 Å². The maximum absolute atomic E-state index is 6.18. The normalized spacial score (nSPS) is 10.8. The van der Waals surface area contributed by atoms with Gasteiger partial charge in [-0.15, -0.1) is 0 Å². The number of hydrogen-bond acceptors (Lipinski definition) is 2. The lowest BCUT2D eigenvalue weighted by atomic mass is 10.2. The SMILES string of the molecule is Clc1c(Cl)c(Cl)c(CSSc2ccccc2)c(Cl)c1Cl. The van der Waals surface area contributed by atoms with Crippen molar-refractivity contribution in [3.8, 4) is 0 Å². The largest absolute Gasteiger partial charge is 0.0840 e. The summed E-state index contributed by atoms with van der Waals surface area (Å²) in [6.07, 6.45) is 0. The Balaban J connectivity index is 2.14. The van der Waals surface area contributed by atoms with Gasteiger partial charge in [-0.1, -0.05) is 97.8 Å². The van der Waals surface area contributed by atoms with Crippen LogP contribution in [-0.4, -0.2) is 0 Å². The van der Waals surface area contributed by atoms with Crippen molar-refractivity contribution in [2.75, 3.05) is 0 Å². The van der Waals surface area contributed by atoms with Crippen molar-refractivity contribution in [2.45, 2.75) is 10.6 Å². The summed E-state index contributed by atoms with van der Waals surface area (Å²) in [4.78, 5) is 1.15. The van der Waals surface area contributed by atoms with Gasteiger partial charge in [0.15, 0.2) is 0 Å². The molecular formula is C13H7Cl5S2. The zero-order valence-corrected chi connectivity index (χ0v) is 15.2. The smallest absolute Gasteiger partial charge is 0.0809 e. The van der Waals surface area contributed by atoms with Crippen molar-refractivity contribution in [2.24, 2.45) is 0 Å².